The van der Waals surface area contributed by atoms with Crippen molar-refractivity contribution in [2.24, 2.45) is 0 Å². The van der Waals surface area contributed by atoms with Gasteiger partial charge in [0.1, 0.15) is 11.2 Å². The van der Waals surface area contributed by atoms with Gasteiger partial charge in [-0.2, -0.15) is 0 Å². The highest BCUT2D eigenvalue weighted by Gasteiger charge is 2.19. The van der Waals surface area contributed by atoms with Crippen LogP contribution in [0.3, 0.4) is 0 Å². The number of rotatable bonds is 5. The van der Waals surface area contributed by atoms with Crippen molar-refractivity contribution in [3.05, 3.63) is 53.4 Å². The van der Waals surface area contributed by atoms with Crippen molar-refractivity contribution in [3.63, 3.8) is 0 Å². The molecule has 1 saturated heterocycles. The molecule has 1 amide bonds. The first-order valence-electron chi connectivity index (χ1n) is 9.30. The van der Waals surface area contributed by atoms with Crippen LogP contribution in [-0.2, 0) is 25.6 Å². The molecule has 7 nitrogen and oxygen atoms in total. The number of morpholine rings is 1. The molecule has 1 aliphatic rings. The molecule has 0 N–H and O–H groups in total. The van der Waals surface area contributed by atoms with Crippen LogP contribution in [0.1, 0.15) is 12.5 Å². The molecule has 1 aromatic heterocycles. The lowest BCUT2D eigenvalue weighted by atomic mass is 10.2. The summed E-state index contributed by atoms with van der Waals surface area (Å²) in [6.45, 7) is 3.55. The van der Waals surface area contributed by atoms with Gasteiger partial charge in [-0.25, -0.2) is 4.79 Å². The van der Waals surface area contributed by atoms with Gasteiger partial charge in [-0.15, -0.1) is 11.3 Å². The minimum Gasteiger partial charge on any atom is -0.463 e. The average molecular weight is 471 g/mol. The molecule has 1 aromatic carbocycles. The Morgan fingerprint density at radius 3 is 2.70 bits per heavy atom. The Labute approximate surface area is 186 Å². The summed E-state index contributed by atoms with van der Waals surface area (Å²) >= 11 is 13.4. The molecule has 0 bridgehead atoms. The molecule has 0 spiro atoms. The summed E-state index contributed by atoms with van der Waals surface area (Å²) in [6.07, 6.45) is 2.82. The molecule has 0 unspecified atom stereocenters. The van der Waals surface area contributed by atoms with Gasteiger partial charge in [0.25, 0.3) is 5.56 Å². The summed E-state index contributed by atoms with van der Waals surface area (Å²) in [5, 5.41) is 0.682. The summed E-state index contributed by atoms with van der Waals surface area (Å²) in [5.41, 5.74) is 0.171. The average Bonchev–Trinajstić information content (AvgIpc) is 3.01. The topological polar surface area (TPSA) is 77.8 Å². The maximum atomic E-state index is 13.0. The predicted octanol–water partition coefficient (Wildman–Crippen LogP) is 1.25. The molecule has 0 aliphatic carbocycles. The van der Waals surface area contributed by atoms with Gasteiger partial charge in [0.15, 0.2) is 0 Å². The molecule has 30 heavy (non-hydrogen) atoms. The number of hydrogen-bond donors (Lipinski definition) is 0. The summed E-state index contributed by atoms with van der Waals surface area (Å²) in [5.74, 6) is -0.803. The summed E-state index contributed by atoms with van der Waals surface area (Å²) in [4.78, 5) is 39.4. The van der Waals surface area contributed by atoms with Gasteiger partial charge in [-0.3, -0.25) is 14.2 Å². The van der Waals surface area contributed by atoms with Gasteiger partial charge in [0.05, 0.1) is 40.5 Å². The summed E-state index contributed by atoms with van der Waals surface area (Å²) in [7, 11) is 0. The lowest BCUT2D eigenvalue weighted by molar-refractivity contribution is -0.136. The predicted molar refractivity (Wildman–Crippen MR) is 116 cm³/mol. The second kappa shape index (κ2) is 10.3. The first-order chi connectivity index (χ1) is 14.4. The number of thiazole rings is 1. The number of carbonyl (C=O) groups is 2. The first-order valence-corrected chi connectivity index (χ1v) is 10.9. The minimum absolute atomic E-state index is 0.183. The molecule has 1 aliphatic heterocycles. The maximum Gasteiger partial charge on any atom is 0.333 e. The van der Waals surface area contributed by atoms with Gasteiger partial charge in [-0.05, 0) is 24.6 Å². The van der Waals surface area contributed by atoms with E-state index in [4.69, 9.17) is 32.7 Å². The monoisotopic (exact) mass is 470 g/mol. The summed E-state index contributed by atoms with van der Waals surface area (Å²) in [6, 6.07) is 5.10. The fraction of sp³-hybridized carbons (Fsp3) is 0.350. The molecular weight excluding hydrogens is 451 g/mol. The van der Waals surface area contributed by atoms with Gasteiger partial charge in [0.2, 0.25) is 5.91 Å². The molecule has 10 heteroatoms. The zero-order valence-corrected chi connectivity index (χ0v) is 18.6. The number of benzene rings is 1. The number of aromatic nitrogens is 1. The van der Waals surface area contributed by atoms with Crippen LogP contribution >= 0.6 is 34.5 Å². The van der Waals surface area contributed by atoms with Crippen molar-refractivity contribution >= 4 is 58.6 Å². The highest BCUT2D eigenvalue weighted by atomic mass is 35.5. The second-order valence-corrected chi connectivity index (χ2v) is 8.22. The van der Waals surface area contributed by atoms with Crippen LogP contribution in [0.2, 0.25) is 10.0 Å². The smallest absolute Gasteiger partial charge is 0.333 e. The van der Waals surface area contributed by atoms with Crippen molar-refractivity contribution in [1.29, 1.82) is 0 Å². The van der Waals surface area contributed by atoms with E-state index in [9.17, 15) is 14.4 Å². The van der Waals surface area contributed by atoms with Crippen LogP contribution < -0.4 is 14.8 Å². The molecule has 0 atom stereocenters. The third kappa shape index (κ3) is 5.31. The Kier molecular flexibility index (Phi) is 7.71. The highest BCUT2D eigenvalue weighted by molar-refractivity contribution is 7.07. The molecule has 160 valence electrons. The third-order valence-corrected chi connectivity index (χ3v) is 6.28. The van der Waals surface area contributed by atoms with Crippen LogP contribution in [0, 0.1) is 0 Å². The molecule has 0 saturated carbocycles. The van der Waals surface area contributed by atoms with Crippen molar-refractivity contribution in [3.8, 4) is 0 Å². The van der Waals surface area contributed by atoms with Crippen LogP contribution in [0.25, 0.3) is 12.2 Å². The molecule has 2 heterocycles. The van der Waals surface area contributed by atoms with E-state index >= 15 is 0 Å². The van der Waals surface area contributed by atoms with E-state index in [0.717, 1.165) is 11.3 Å². The van der Waals surface area contributed by atoms with E-state index < -0.39 is 11.5 Å². The number of carbonyl (C=O) groups excluding carboxylic acids is 2. The Morgan fingerprint density at radius 1 is 1.27 bits per heavy atom. The fourth-order valence-electron chi connectivity index (χ4n) is 2.90. The zero-order chi connectivity index (χ0) is 21.7. The quantitative estimate of drug-likeness (QED) is 0.614. The normalized spacial score (nSPS) is 15.5. The SMILES string of the molecule is CCOC(=O)/C=c1\s/c(=C\c2cccc(Cl)c2Cl)c(=O)n1CC(=O)N1CCOCC1. The zero-order valence-electron chi connectivity index (χ0n) is 16.2. The Morgan fingerprint density at radius 2 is 2.00 bits per heavy atom. The van der Waals surface area contributed by atoms with E-state index in [1.165, 1.54) is 10.6 Å². The minimum atomic E-state index is -0.585. The second-order valence-electron chi connectivity index (χ2n) is 6.37. The number of esters is 1. The molecular formula is C20H20Cl2N2O5S. The number of amides is 1. The van der Waals surface area contributed by atoms with E-state index in [0.29, 0.717) is 51.1 Å². The Balaban J connectivity index is 2.06. The van der Waals surface area contributed by atoms with Crippen molar-refractivity contribution in [1.82, 2.24) is 9.47 Å². The fourth-order valence-corrected chi connectivity index (χ4v) is 4.28. The van der Waals surface area contributed by atoms with Crippen LogP contribution in [0.4, 0.5) is 0 Å². The van der Waals surface area contributed by atoms with E-state index in [1.807, 2.05) is 0 Å². The van der Waals surface area contributed by atoms with Crippen molar-refractivity contribution < 1.29 is 19.1 Å². The maximum absolute atomic E-state index is 13.0. The van der Waals surface area contributed by atoms with Gasteiger partial charge >= 0.3 is 5.97 Å². The molecule has 2 aromatic rings. The molecule has 3 rings (SSSR count). The van der Waals surface area contributed by atoms with Gasteiger partial charge in [0, 0.05) is 13.1 Å². The molecule has 0 radical (unpaired) electrons. The number of hydrogen-bond acceptors (Lipinski definition) is 6. The van der Waals surface area contributed by atoms with Crippen LogP contribution in [0.5, 0.6) is 0 Å². The first kappa shape index (κ1) is 22.6. The lowest BCUT2D eigenvalue weighted by Gasteiger charge is -2.26. The lowest BCUT2D eigenvalue weighted by Crippen LogP contribution is -2.45. The highest BCUT2D eigenvalue weighted by Crippen LogP contribution is 2.25. The van der Waals surface area contributed by atoms with E-state index in [2.05, 4.69) is 0 Å². The molecule has 1 fully saturated rings. The van der Waals surface area contributed by atoms with Crippen molar-refractivity contribution in [2.45, 2.75) is 13.5 Å². The number of ether oxygens (including phenoxy) is 2. The van der Waals surface area contributed by atoms with Gasteiger partial charge < -0.3 is 14.4 Å². The standard InChI is InChI=1S/C20H20Cl2N2O5S/c1-2-29-18(26)11-17-24(12-16(25)23-6-8-28-9-7-23)20(27)15(30-17)10-13-4-3-5-14(21)19(13)22/h3-5,10-11H,2,6-9,12H2,1H3/b15-10-,17-11-. The van der Waals surface area contributed by atoms with Crippen molar-refractivity contribution in [2.75, 3.05) is 32.9 Å². The Bertz CT molecular complexity index is 1120. The summed E-state index contributed by atoms with van der Waals surface area (Å²) < 4.78 is 12.2. The van der Waals surface area contributed by atoms with Crippen LogP contribution in [-0.4, -0.2) is 54.3 Å². The number of nitrogens with zero attached hydrogens (tertiary/aromatic N) is 2. The van der Waals surface area contributed by atoms with Crippen LogP contribution in [0.15, 0.2) is 23.0 Å². The van der Waals surface area contributed by atoms with Gasteiger partial charge in [-0.1, -0.05) is 35.3 Å². The third-order valence-electron chi connectivity index (χ3n) is 4.39. The largest absolute Gasteiger partial charge is 0.463 e. The van der Waals surface area contributed by atoms with E-state index in [1.54, 1.807) is 36.1 Å². The van der Waals surface area contributed by atoms with E-state index in [-0.39, 0.29) is 19.1 Å². The Hall–Kier alpha value is -2.13. The number of halogens is 2.